The molecule has 100 valence electrons. The van der Waals surface area contributed by atoms with Gasteiger partial charge in [-0.3, -0.25) is 4.90 Å². The minimum absolute atomic E-state index is 0.625. The van der Waals surface area contributed by atoms with E-state index in [2.05, 4.69) is 17.1 Å². The molecule has 2 heterocycles. The molecule has 0 amide bonds. The summed E-state index contributed by atoms with van der Waals surface area (Å²) in [5, 5.41) is 3.66. The molecule has 1 atom stereocenters. The fraction of sp³-hybridized carbons (Fsp3) is 1.00. The van der Waals surface area contributed by atoms with Gasteiger partial charge in [-0.15, -0.1) is 0 Å². The van der Waals surface area contributed by atoms with Gasteiger partial charge in [0.25, 0.3) is 0 Å². The molecule has 2 rings (SSSR count). The second kappa shape index (κ2) is 7.31. The van der Waals surface area contributed by atoms with E-state index < -0.39 is 0 Å². The topological polar surface area (TPSA) is 33.7 Å². The fourth-order valence-electron chi connectivity index (χ4n) is 2.66. The third-order valence-electron chi connectivity index (χ3n) is 3.97. The van der Waals surface area contributed by atoms with Gasteiger partial charge in [0.2, 0.25) is 0 Å². The third-order valence-corrected chi connectivity index (χ3v) is 3.97. The molecule has 0 aromatic rings. The minimum Gasteiger partial charge on any atom is -0.381 e. The van der Waals surface area contributed by atoms with Crippen molar-refractivity contribution >= 4 is 0 Å². The summed E-state index contributed by atoms with van der Waals surface area (Å²) in [7, 11) is 0. The first kappa shape index (κ1) is 13.3. The van der Waals surface area contributed by atoms with E-state index in [-0.39, 0.29) is 0 Å². The molecule has 4 heteroatoms. The highest BCUT2D eigenvalue weighted by atomic mass is 16.5. The maximum absolute atomic E-state index is 5.40. The lowest BCUT2D eigenvalue weighted by Crippen LogP contribution is -2.44. The van der Waals surface area contributed by atoms with E-state index >= 15 is 0 Å². The Morgan fingerprint density at radius 2 is 1.76 bits per heavy atom. The monoisotopic (exact) mass is 242 g/mol. The Bertz CT molecular complexity index is 202. The Morgan fingerprint density at radius 3 is 2.47 bits per heavy atom. The average molecular weight is 242 g/mol. The normalized spacial score (nSPS) is 25.9. The van der Waals surface area contributed by atoms with E-state index in [0.29, 0.717) is 6.04 Å². The smallest absolute Gasteiger partial charge is 0.0594 e. The molecule has 0 spiro atoms. The number of morpholine rings is 1. The summed E-state index contributed by atoms with van der Waals surface area (Å²) < 4.78 is 10.7. The Balaban J connectivity index is 1.57. The molecule has 2 aliphatic heterocycles. The van der Waals surface area contributed by atoms with Gasteiger partial charge in [-0.25, -0.2) is 0 Å². The summed E-state index contributed by atoms with van der Waals surface area (Å²) in [6.45, 7) is 10.4. The summed E-state index contributed by atoms with van der Waals surface area (Å²) >= 11 is 0. The molecular weight excluding hydrogens is 216 g/mol. The Labute approximate surface area is 105 Å². The molecule has 17 heavy (non-hydrogen) atoms. The van der Waals surface area contributed by atoms with Gasteiger partial charge in [0.15, 0.2) is 0 Å². The van der Waals surface area contributed by atoms with Crippen LogP contribution in [0, 0.1) is 5.92 Å². The number of nitrogens with one attached hydrogen (secondary N) is 1. The SMILES string of the molecule is CC(NCCN1CCOCC1)C1CCOCC1. The van der Waals surface area contributed by atoms with Gasteiger partial charge in [0.1, 0.15) is 0 Å². The van der Waals surface area contributed by atoms with Crippen LogP contribution in [0.15, 0.2) is 0 Å². The van der Waals surface area contributed by atoms with Gasteiger partial charge in [-0.1, -0.05) is 0 Å². The second-order valence-corrected chi connectivity index (χ2v) is 5.15. The van der Waals surface area contributed by atoms with E-state index in [0.717, 1.165) is 58.5 Å². The van der Waals surface area contributed by atoms with Crippen molar-refractivity contribution in [3.63, 3.8) is 0 Å². The minimum atomic E-state index is 0.625. The van der Waals surface area contributed by atoms with Crippen LogP contribution in [0.2, 0.25) is 0 Å². The zero-order valence-corrected chi connectivity index (χ0v) is 11.0. The lowest BCUT2D eigenvalue weighted by Gasteiger charge is -2.30. The summed E-state index contributed by atoms with van der Waals surface area (Å²) in [5.41, 5.74) is 0. The lowest BCUT2D eigenvalue weighted by molar-refractivity contribution is 0.0361. The van der Waals surface area contributed by atoms with Crippen LogP contribution in [-0.2, 0) is 9.47 Å². The van der Waals surface area contributed by atoms with Crippen LogP contribution in [-0.4, -0.2) is 63.5 Å². The van der Waals surface area contributed by atoms with E-state index in [1.165, 1.54) is 12.8 Å². The first-order valence-electron chi connectivity index (χ1n) is 6.97. The van der Waals surface area contributed by atoms with E-state index in [9.17, 15) is 0 Å². The number of nitrogens with zero attached hydrogens (tertiary/aromatic N) is 1. The second-order valence-electron chi connectivity index (χ2n) is 5.15. The zero-order chi connectivity index (χ0) is 11.9. The van der Waals surface area contributed by atoms with Gasteiger partial charge in [-0.05, 0) is 25.7 Å². The molecule has 0 bridgehead atoms. The van der Waals surface area contributed by atoms with Crippen molar-refractivity contribution in [3.8, 4) is 0 Å². The maximum Gasteiger partial charge on any atom is 0.0594 e. The van der Waals surface area contributed by atoms with Gasteiger partial charge in [0.05, 0.1) is 13.2 Å². The van der Waals surface area contributed by atoms with Crippen molar-refractivity contribution < 1.29 is 9.47 Å². The Kier molecular flexibility index (Phi) is 5.71. The molecule has 0 aromatic carbocycles. The van der Waals surface area contributed by atoms with Crippen molar-refractivity contribution in [2.24, 2.45) is 5.92 Å². The van der Waals surface area contributed by atoms with Crippen molar-refractivity contribution in [1.29, 1.82) is 0 Å². The van der Waals surface area contributed by atoms with Gasteiger partial charge >= 0.3 is 0 Å². The summed E-state index contributed by atoms with van der Waals surface area (Å²) in [6, 6.07) is 0.625. The average Bonchev–Trinajstić information content (AvgIpc) is 2.41. The molecule has 2 aliphatic rings. The van der Waals surface area contributed by atoms with Gasteiger partial charge < -0.3 is 14.8 Å². The number of hydrogen-bond acceptors (Lipinski definition) is 4. The molecule has 4 nitrogen and oxygen atoms in total. The fourth-order valence-corrected chi connectivity index (χ4v) is 2.66. The van der Waals surface area contributed by atoms with Crippen LogP contribution in [0.5, 0.6) is 0 Å². The highest BCUT2D eigenvalue weighted by Gasteiger charge is 2.20. The molecule has 0 aliphatic carbocycles. The van der Waals surface area contributed by atoms with Gasteiger partial charge in [-0.2, -0.15) is 0 Å². The largest absolute Gasteiger partial charge is 0.381 e. The molecule has 0 radical (unpaired) electrons. The molecule has 2 fully saturated rings. The summed E-state index contributed by atoms with van der Waals surface area (Å²) in [5.74, 6) is 0.799. The lowest BCUT2D eigenvalue weighted by atomic mass is 9.93. The van der Waals surface area contributed by atoms with Crippen LogP contribution in [0.1, 0.15) is 19.8 Å². The maximum atomic E-state index is 5.40. The first-order chi connectivity index (χ1) is 8.36. The zero-order valence-electron chi connectivity index (χ0n) is 11.0. The molecule has 0 saturated carbocycles. The molecule has 1 N–H and O–H groups in total. The van der Waals surface area contributed by atoms with E-state index in [1.54, 1.807) is 0 Å². The van der Waals surface area contributed by atoms with Crippen LogP contribution in [0.4, 0.5) is 0 Å². The summed E-state index contributed by atoms with van der Waals surface area (Å²) in [6.07, 6.45) is 2.43. The number of hydrogen-bond donors (Lipinski definition) is 1. The molecule has 0 aromatic heterocycles. The van der Waals surface area contributed by atoms with Crippen molar-refractivity contribution in [1.82, 2.24) is 10.2 Å². The van der Waals surface area contributed by atoms with Crippen LogP contribution in [0.3, 0.4) is 0 Å². The molecule has 1 unspecified atom stereocenters. The van der Waals surface area contributed by atoms with Crippen LogP contribution in [0.25, 0.3) is 0 Å². The first-order valence-corrected chi connectivity index (χ1v) is 6.97. The van der Waals surface area contributed by atoms with E-state index in [1.807, 2.05) is 0 Å². The highest BCUT2D eigenvalue weighted by molar-refractivity contribution is 4.75. The van der Waals surface area contributed by atoms with E-state index in [4.69, 9.17) is 9.47 Å². The van der Waals surface area contributed by atoms with Crippen molar-refractivity contribution in [2.45, 2.75) is 25.8 Å². The summed E-state index contributed by atoms with van der Waals surface area (Å²) in [4.78, 5) is 2.48. The van der Waals surface area contributed by atoms with Gasteiger partial charge in [0, 0.05) is 45.4 Å². The molecule has 2 saturated heterocycles. The van der Waals surface area contributed by atoms with Crippen LogP contribution >= 0.6 is 0 Å². The van der Waals surface area contributed by atoms with Crippen LogP contribution < -0.4 is 5.32 Å². The highest BCUT2D eigenvalue weighted by Crippen LogP contribution is 2.18. The Hall–Kier alpha value is -0.160. The van der Waals surface area contributed by atoms with Crippen molar-refractivity contribution in [3.05, 3.63) is 0 Å². The number of rotatable bonds is 5. The quantitative estimate of drug-likeness (QED) is 0.770. The van der Waals surface area contributed by atoms with Crippen molar-refractivity contribution in [2.75, 3.05) is 52.6 Å². The third kappa shape index (κ3) is 4.54. The predicted molar refractivity (Wildman–Crippen MR) is 68.3 cm³/mol. The standard InChI is InChI=1S/C13H26N2O2/c1-12(13-2-8-16-9-3-13)14-4-5-15-6-10-17-11-7-15/h12-14H,2-11H2,1H3. The Morgan fingerprint density at radius 1 is 1.12 bits per heavy atom. The predicted octanol–water partition coefficient (Wildman–Crippen LogP) is 0.723. The molecular formula is C13H26N2O2. The number of ether oxygens (including phenoxy) is 2.